The number of benzene rings is 3. The average molecular weight is 521 g/mol. The van der Waals surface area contributed by atoms with Crippen LogP contribution in [0.1, 0.15) is 56.9 Å². The lowest BCUT2D eigenvalue weighted by Crippen LogP contribution is -2.32. The van der Waals surface area contributed by atoms with Crippen LogP contribution in [0.5, 0.6) is 5.75 Å². The number of anilines is 3. The van der Waals surface area contributed by atoms with E-state index in [4.69, 9.17) is 16.3 Å². The number of hydrazone groups is 1. The summed E-state index contributed by atoms with van der Waals surface area (Å²) in [5.74, 6) is 0.687. The molecule has 37 heavy (non-hydrogen) atoms. The molecule has 6 nitrogen and oxygen atoms in total. The first-order valence-corrected chi connectivity index (χ1v) is 13.1. The highest BCUT2D eigenvalue weighted by Gasteiger charge is 2.30. The number of nitrogens with zero attached hydrogens (tertiary/aromatic N) is 2. The van der Waals surface area contributed by atoms with Crippen LogP contribution in [-0.2, 0) is 0 Å². The minimum atomic E-state index is -0.499. The first kappa shape index (κ1) is 25.1. The number of ether oxygens (including phenoxy) is 1. The van der Waals surface area contributed by atoms with E-state index in [-0.39, 0.29) is 11.1 Å². The zero-order valence-corrected chi connectivity index (χ0v) is 21.5. The Morgan fingerprint density at radius 1 is 1.03 bits per heavy atom. The van der Waals surface area contributed by atoms with E-state index in [0.29, 0.717) is 29.5 Å². The zero-order chi connectivity index (χ0) is 25.8. The number of amides is 2. The number of para-hydroxylation sites is 2. The minimum absolute atomic E-state index is 0.243. The van der Waals surface area contributed by atoms with Gasteiger partial charge < -0.3 is 15.4 Å². The fraction of sp³-hybridized carbons (Fsp3) is 0.310. The van der Waals surface area contributed by atoms with E-state index in [0.717, 1.165) is 11.4 Å². The third kappa shape index (κ3) is 6.05. The van der Waals surface area contributed by atoms with E-state index in [2.05, 4.69) is 27.9 Å². The summed E-state index contributed by atoms with van der Waals surface area (Å²) in [5, 5.41) is 12.2. The topological polar surface area (TPSA) is 66.0 Å². The molecule has 1 aliphatic heterocycles. The molecule has 0 saturated heterocycles. The molecule has 2 N–H and O–H groups in total. The van der Waals surface area contributed by atoms with Crippen molar-refractivity contribution in [3.8, 4) is 5.75 Å². The normalized spacial score (nSPS) is 17.9. The predicted octanol–water partition coefficient (Wildman–Crippen LogP) is 8.16. The van der Waals surface area contributed by atoms with E-state index in [9.17, 15) is 9.18 Å². The molecule has 3 aromatic rings. The summed E-state index contributed by atoms with van der Waals surface area (Å²) in [6.45, 7) is 1.89. The van der Waals surface area contributed by atoms with Crippen molar-refractivity contribution in [2.24, 2.45) is 5.10 Å². The Bertz CT molecular complexity index is 1290. The third-order valence-corrected chi connectivity index (χ3v) is 7.12. The van der Waals surface area contributed by atoms with E-state index < -0.39 is 12.0 Å². The molecule has 1 aliphatic carbocycles. The monoisotopic (exact) mass is 520 g/mol. The van der Waals surface area contributed by atoms with E-state index in [1.165, 1.54) is 49.8 Å². The van der Waals surface area contributed by atoms with Gasteiger partial charge >= 0.3 is 6.03 Å². The third-order valence-electron chi connectivity index (χ3n) is 6.82. The number of halogens is 2. The van der Waals surface area contributed by atoms with Gasteiger partial charge in [-0.2, -0.15) is 5.10 Å². The van der Waals surface area contributed by atoms with Crippen molar-refractivity contribution in [2.45, 2.75) is 57.6 Å². The van der Waals surface area contributed by atoms with Gasteiger partial charge in [-0.25, -0.2) is 14.2 Å². The van der Waals surface area contributed by atoms with Gasteiger partial charge in [-0.05, 0) is 73.7 Å². The molecular weight excluding hydrogens is 491 g/mol. The van der Waals surface area contributed by atoms with Gasteiger partial charge in [-0.1, -0.05) is 55.1 Å². The van der Waals surface area contributed by atoms with Gasteiger partial charge in [-0.3, -0.25) is 0 Å². The smallest absolute Gasteiger partial charge is 0.323 e. The molecule has 2 aliphatic rings. The van der Waals surface area contributed by atoms with Crippen LogP contribution >= 0.6 is 11.6 Å². The van der Waals surface area contributed by atoms with Crippen molar-refractivity contribution < 1.29 is 13.9 Å². The van der Waals surface area contributed by atoms with Crippen molar-refractivity contribution in [3.05, 3.63) is 83.1 Å². The average Bonchev–Trinajstić information content (AvgIpc) is 3.25. The predicted molar refractivity (Wildman–Crippen MR) is 147 cm³/mol. The second kappa shape index (κ2) is 11.2. The molecule has 2 amide bonds. The number of carbonyl (C=O) groups excluding carboxylic acids is 1. The standard InChI is InChI=1S/C29H30ClFN4O2/c1-19-17-28(35(34-19)26-16-13-22(31)18-24(26)30)37-27-10-6-5-9-25(27)33-29(36)32-23-14-11-21(12-15-23)20-7-3-2-4-8-20/h5-6,9-16,18,20,28H,2-4,7-8,17H2,1H3,(H2,32,33,36). The SMILES string of the molecule is CC1=NN(c2ccc(F)cc2Cl)C(Oc2ccccc2NC(=O)Nc2ccc(C3CCCCC3)cc2)C1. The first-order chi connectivity index (χ1) is 18.0. The summed E-state index contributed by atoms with van der Waals surface area (Å²) in [6.07, 6.45) is 6.40. The van der Waals surface area contributed by atoms with E-state index in [1.54, 1.807) is 23.2 Å². The van der Waals surface area contributed by atoms with Crippen LogP contribution in [0.4, 0.5) is 26.2 Å². The number of hydrogen-bond acceptors (Lipinski definition) is 4. The maximum Gasteiger partial charge on any atom is 0.323 e. The molecule has 1 saturated carbocycles. The largest absolute Gasteiger partial charge is 0.466 e. The Hall–Kier alpha value is -3.58. The van der Waals surface area contributed by atoms with Crippen LogP contribution in [0.25, 0.3) is 0 Å². The maximum atomic E-state index is 13.6. The van der Waals surface area contributed by atoms with Gasteiger partial charge in [0.05, 0.1) is 16.4 Å². The van der Waals surface area contributed by atoms with Gasteiger partial charge in [-0.15, -0.1) is 0 Å². The summed E-state index contributed by atoms with van der Waals surface area (Å²) in [5.41, 5.74) is 3.99. The number of nitrogens with one attached hydrogen (secondary N) is 2. The van der Waals surface area contributed by atoms with Crippen LogP contribution in [0.2, 0.25) is 5.02 Å². The minimum Gasteiger partial charge on any atom is -0.466 e. The molecule has 8 heteroatoms. The highest BCUT2D eigenvalue weighted by Crippen LogP contribution is 2.35. The summed E-state index contributed by atoms with van der Waals surface area (Å²) < 4.78 is 19.9. The van der Waals surface area contributed by atoms with Crippen LogP contribution in [0, 0.1) is 5.82 Å². The Balaban J connectivity index is 1.25. The van der Waals surface area contributed by atoms with Crippen LogP contribution in [-0.4, -0.2) is 18.0 Å². The van der Waals surface area contributed by atoms with Crippen LogP contribution in [0.15, 0.2) is 71.8 Å². The van der Waals surface area contributed by atoms with Gasteiger partial charge in [0.1, 0.15) is 11.6 Å². The molecule has 192 valence electrons. The molecule has 1 atom stereocenters. The first-order valence-electron chi connectivity index (χ1n) is 12.7. The highest BCUT2D eigenvalue weighted by molar-refractivity contribution is 6.33. The van der Waals surface area contributed by atoms with Crippen LogP contribution in [0.3, 0.4) is 0 Å². The Kier molecular flexibility index (Phi) is 7.60. The van der Waals surface area contributed by atoms with Crippen molar-refractivity contribution >= 4 is 40.4 Å². The second-order valence-electron chi connectivity index (χ2n) is 9.58. The van der Waals surface area contributed by atoms with Gasteiger partial charge in [0.2, 0.25) is 0 Å². The molecule has 1 heterocycles. The number of carbonyl (C=O) groups is 1. The van der Waals surface area contributed by atoms with E-state index in [1.807, 2.05) is 31.2 Å². The Morgan fingerprint density at radius 2 is 1.78 bits per heavy atom. The zero-order valence-electron chi connectivity index (χ0n) is 20.7. The van der Waals surface area contributed by atoms with Crippen molar-refractivity contribution in [3.63, 3.8) is 0 Å². The molecule has 0 bridgehead atoms. The van der Waals surface area contributed by atoms with Crippen LogP contribution < -0.4 is 20.4 Å². The summed E-state index contributed by atoms with van der Waals surface area (Å²) in [7, 11) is 0. The molecule has 3 aromatic carbocycles. The number of hydrogen-bond donors (Lipinski definition) is 2. The molecule has 0 aromatic heterocycles. The molecule has 0 spiro atoms. The number of rotatable bonds is 6. The summed E-state index contributed by atoms with van der Waals surface area (Å²) in [4.78, 5) is 12.8. The lowest BCUT2D eigenvalue weighted by molar-refractivity contribution is 0.214. The Labute approximate surface area is 221 Å². The quantitative estimate of drug-likeness (QED) is 0.344. The lowest BCUT2D eigenvalue weighted by Gasteiger charge is -2.26. The lowest BCUT2D eigenvalue weighted by atomic mass is 9.84. The fourth-order valence-electron chi connectivity index (χ4n) is 4.97. The summed E-state index contributed by atoms with van der Waals surface area (Å²) >= 11 is 6.28. The fourth-order valence-corrected chi connectivity index (χ4v) is 5.23. The molecule has 5 rings (SSSR count). The molecule has 0 radical (unpaired) electrons. The highest BCUT2D eigenvalue weighted by atomic mass is 35.5. The van der Waals surface area contributed by atoms with Crippen molar-refractivity contribution in [2.75, 3.05) is 15.6 Å². The molecule has 1 fully saturated rings. The van der Waals surface area contributed by atoms with Gasteiger partial charge in [0, 0.05) is 17.8 Å². The number of urea groups is 1. The Morgan fingerprint density at radius 3 is 2.54 bits per heavy atom. The van der Waals surface area contributed by atoms with E-state index >= 15 is 0 Å². The molecule has 1 unspecified atom stereocenters. The van der Waals surface area contributed by atoms with Gasteiger partial charge in [0.25, 0.3) is 0 Å². The van der Waals surface area contributed by atoms with Crippen molar-refractivity contribution in [1.82, 2.24) is 0 Å². The molecular formula is C29H30ClFN4O2. The summed E-state index contributed by atoms with van der Waals surface area (Å²) in [6, 6.07) is 19.1. The van der Waals surface area contributed by atoms with Gasteiger partial charge in [0.15, 0.2) is 6.23 Å². The second-order valence-corrected chi connectivity index (χ2v) is 9.99. The maximum absolute atomic E-state index is 13.6. The van der Waals surface area contributed by atoms with Crippen molar-refractivity contribution in [1.29, 1.82) is 0 Å².